The van der Waals surface area contributed by atoms with Crippen molar-refractivity contribution in [2.45, 2.75) is 31.3 Å². The first-order valence-corrected chi connectivity index (χ1v) is 10.7. The summed E-state index contributed by atoms with van der Waals surface area (Å²) in [5.74, 6) is -0.247. The molecule has 0 bridgehead atoms. The van der Waals surface area contributed by atoms with Crippen LogP contribution in [0.3, 0.4) is 0 Å². The smallest absolute Gasteiger partial charge is 0.254 e. The van der Waals surface area contributed by atoms with E-state index in [0.29, 0.717) is 5.56 Å². The second-order valence-corrected chi connectivity index (χ2v) is 8.95. The van der Waals surface area contributed by atoms with Crippen molar-refractivity contribution in [2.75, 3.05) is 7.05 Å². The van der Waals surface area contributed by atoms with Crippen molar-refractivity contribution in [1.82, 2.24) is 19.4 Å². The second-order valence-electron chi connectivity index (χ2n) is 6.95. The van der Waals surface area contributed by atoms with Gasteiger partial charge in [0.1, 0.15) is 0 Å². The Morgan fingerprint density at radius 1 is 1.10 bits per heavy atom. The first kappa shape index (κ1) is 20.8. The molecule has 0 aliphatic rings. The van der Waals surface area contributed by atoms with Crippen LogP contribution < -0.4 is 5.32 Å². The number of para-hydroxylation sites is 1. The van der Waals surface area contributed by atoms with Crippen LogP contribution in [0.4, 0.5) is 0 Å². The predicted molar refractivity (Wildman–Crippen MR) is 111 cm³/mol. The molecule has 0 saturated heterocycles. The first-order chi connectivity index (χ1) is 13.8. The molecule has 2 aromatic carbocycles. The zero-order valence-electron chi connectivity index (χ0n) is 16.6. The van der Waals surface area contributed by atoms with Crippen LogP contribution in [-0.4, -0.2) is 41.5 Å². The highest BCUT2D eigenvalue weighted by Gasteiger charge is 2.22. The standard InChI is InChI=1S/C21H24N4O3S/c1-16(2)24(3)29(27,28)20-11-9-17(10-12-20)13-22-21(26)18-14-23-25(15-18)19-7-5-4-6-8-19/h4-12,14-16H,13H2,1-3H3,(H,22,26). The van der Waals surface area contributed by atoms with E-state index in [1.165, 1.54) is 10.5 Å². The fraction of sp³-hybridized carbons (Fsp3) is 0.238. The van der Waals surface area contributed by atoms with Crippen molar-refractivity contribution in [3.05, 3.63) is 78.1 Å². The SMILES string of the molecule is CC(C)N(C)S(=O)(=O)c1ccc(CNC(=O)c2cnn(-c3ccccc3)c2)cc1. The van der Waals surface area contributed by atoms with Crippen LogP contribution in [0.15, 0.2) is 71.9 Å². The molecule has 0 unspecified atom stereocenters. The average Bonchev–Trinajstić information content (AvgIpc) is 3.22. The second kappa shape index (κ2) is 8.59. The summed E-state index contributed by atoms with van der Waals surface area (Å²) >= 11 is 0. The summed E-state index contributed by atoms with van der Waals surface area (Å²) in [6.45, 7) is 3.93. The molecule has 0 radical (unpaired) electrons. The van der Waals surface area contributed by atoms with Crippen LogP contribution in [0.25, 0.3) is 5.69 Å². The molecule has 0 atom stereocenters. The van der Waals surface area contributed by atoms with Gasteiger partial charge in [0.05, 0.1) is 22.3 Å². The van der Waals surface area contributed by atoms with Gasteiger partial charge in [0.15, 0.2) is 0 Å². The van der Waals surface area contributed by atoms with Crippen molar-refractivity contribution in [3.8, 4) is 5.69 Å². The number of carbonyl (C=O) groups excluding carboxylic acids is 1. The van der Waals surface area contributed by atoms with Crippen LogP contribution in [0.2, 0.25) is 0 Å². The largest absolute Gasteiger partial charge is 0.348 e. The zero-order valence-corrected chi connectivity index (χ0v) is 17.4. The van der Waals surface area contributed by atoms with Gasteiger partial charge in [-0.2, -0.15) is 9.40 Å². The number of benzene rings is 2. The number of amides is 1. The van der Waals surface area contributed by atoms with Gasteiger partial charge < -0.3 is 5.32 Å². The summed E-state index contributed by atoms with van der Waals surface area (Å²) in [6, 6.07) is 15.9. The van der Waals surface area contributed by atoms with Crippen molar-refractivity contribution in [3.63, 3.8) is 0 Å². The highest BCUT2D eigenvalue weighted by atomic mass is 32.2. The van der Waals surface area contributed by atoms with E-state index in [0.717, 1.165) is 11.3 Å². The molecule has 3 aromatic rings. The lowest BCUT2D eigenvalue weighted by atomic mass is 10.2. The van der Waals surface area contributed by atoms with E-state index < -0.39 is 10.0 Å². The number of aromatic nitrogens is 2. The Morgan fingerprint density at radius 2 is 1.76 bits per heavy atom. The van der Waals surface area contributed by atoms with Gasteiger partial charge in [-0.25, -0.2) is 13.1 Å². The summed E-state index contributed by atoms with van der Waals surface area (Å²) in [6.07, 6.45) is 3.18. The molecule has 0 aliphatic heterocycles. The predicted octanol–water partition coefficient (Wildman–Crippen LogP) is 2.83. The summed E-state index contributed by atoms with van der Waals surface area (Å²) < 4.78 is 28.0. The van der Waals surface area contributed by atoms with Gasteiger partial charge in [-0.3, -0.25) is 4.79 Å². The quantitative estimate of drug-likeness (QED) is 0.647. The van der Waals surface area contributed by atoms with Gasteiger partial charge in [0.25, 0.3) is 5.91 Å². The zero-order chi connectivity index (χ0) is 21.0. The third-order valence-corrected chi connectivity index (χ3v) is 6.69. The normalized spacial score (nSPS) is 11.8. The van der Waals surface area contributed by atoms with Crippen LogP contribution >= 0.6 is 0 Å². The Hall–Kier alpha value is -2.97. The number of rotatable bonds is 7. The highest BCUT2D eigenvalue weighted by Crippen LogP contribution is 2.17. The maximum Gasteiger partial charge on any atom is 0.254 e. The lowest BCUT2D eigenvalue weighted by molar-refractivity contribution is 0.0951. The lowest BCUT2D eigenvalue weighted by Gasteiger charge is -2.21. The summed E-state index contributed by atoms with van der Waals surface area (Å²) in [5.41, 5.74) is 2.13. The van der Waals surface area contributed by atoms with Gasteiger partial charge in [-0.15, -0.1) is 0 Å². The fourth-order valence-corrected chi connectivity index (χ4v) is 4.04. The molecule has 1 heterocycles. The van der Waals surface area contributed by atoms with E-state index in [2.05, 4.69) is 10.4 Å². The summed E-state index contributed by atoms with van der Waals surface area (Å²) in [5, 5.41) is 7.04. The van der Waals surface area contributed by atoms with E-state index in [4.69, 9.17) is 0 Å². The van der Waals surface area contributed by atoms with Crippen molar-refractivity contribution in [2.24, 2.45) is 0 Å². The topological polar surface area (TPSA) is 84.3 Å². The molecule has 7 nitrogen and oxygen atoms in total. The van der Waals surface area contributed by atoms with Crippen molar-refractivity contribution < 1.29 is 13.2 Å². The third-order valence-electron chi connectivity index (χ3n) is 4.65. The minimum absolute atomic E-state index is 0.129. The molecule has 0 aliphatic carbocycles. The Bertz CT molecular complexity index is 1070. The Balaban J connectivity index is 1.63. The molecule has 0 saturated carbocycles. The van der Waals surface area contributed by atoms with Gasteiger partial charge >= 0.3 is 0 Å². The van der Waals surface area contributed by atoms with Gasteiger partial charge in [0.2, 0.25) is 10.0 Å². The van der Waals surface area contributed by atoms with E-state index in [9.17, 15) is 13.2 Å². The fourth-order valence-electron chi connectivity index (χ4n) is 2.67. The number of nitrogens with zero attached hydrogens (tertiary/aromatic N) is 3. The van der Waals surface area contributed by atoms with E-state index in [1.54, 1.807) is 42.2 Å². The molecule has 1 N–H and O–H groups in total. The van der Waals surface area contributed by atoms with Gasteiger partial charge in [0, 0.05) is 25.8 Å². The lowest BCUT2D eigenvalue weighted by Crippen LogP contribution is -2.33. The molecular formula is C21H24N4O3S. The van der Waals surface area contributed by atoms with Crippen LogP contribution in [0.1, 0.15) is 29.8 Å². The summed E-state index contributed by atoms with van der Waals surface area (Å²) in [7, 11) is -1.96. The molecular weight excluding hydrogens is 388 g/mol. The van der Waals surface area contributed by atoms with Gasteiger partial charge in [-0.1, -0.05) is 30.3 Å². The van der Waals surface area contributed by atoms with E-state index in [-0.39, 0.29) is 23.4 Å². The first-order valence-electron chi connectivity index (χ1n) is 9.24. The Labute approximate surface area is 171 Å². The number of hydrogen-bond acceptors (Lipinski definition) is 4. The monoisotopic (exact) mass is 412 g/mol. The minimum atomic E-state index is -3.52. The van der Waals surface area contributed by atoms with Crippen LogP contribution in [0.5, 0.6) is 0 Å². The molecule has 1 aromatic heterocycles. The minimum Gasteiger partial charge on any atom is -0.348 e. The third kappa shape index (κ3) is 4.72. The van der Waals surface area contributed by atoms with E-state index in [1.807, 2.05) is 44.2 Å². The highest BCUT2D eigenvalue weighted by molar-refractivity contribution is 7.89. The molecule has 1 amide bonds. The maximum absolute atomic E-state index is 12.5. The number of hydrogen-bond donors (Lipinski definition) is 1. The number of carbonyl (C=O) groups is 1. The average molecular weight is 413 g/mol. The molecule has 8 heteroatoms. The van der Waals surface area contributed by atoms with Crippen LogP contribution in [-0.2, 0) is 16.6 Å². The van der Waals surface area contributed by atoms with Crippen molar-refractivity contribution in [1.29, 1.82) is 0 Å². The molecule has 0 spiro atoms. The molecule has 29 heavy (non-hydrogen) atoms. The Kier molecular flexibility index (Phi) is 6.14. The maximum atomic E-state index is 12.5. The molecule has 3 rings (SSSR count). The number of sulfonamides is 1. The van der Waals surface area contributed by atoms with Crippen LogP contribution in [0, 0.1) is 0 Å². The Morgan fingerprint density at radius 3 is 2.38 bits per heavy atom. The molecule has 0 fully saturated rings. The summed E-state index contributed by atoms with van der Waals surface area (Å²) in [4.78, 5) is 12.6. The van der Waals surface area contributed by atoms with Gasteiger partial charge in [-0.05, 0) is 43.7 Å². The van der Waals surface area contributed by atoms with Crippen molar-refractivity contribution >= 4 is 15.9 Å². The molecule has 152 valence electrons. The van der Waals surface area contributed by atoms with E-state index >= 15 is 0 Å². The number of nitrogens with one attached hydrogen (secondary N) is 1.